The number of para-hydroxylation sites is 2. The van der Waals surface area contributed by atoms with E-state index in [4.69, 9.17) is 37.9 Å². The van der Waals surface area contributed by atoms with Gasteiger partial charge in [-0.05, 0) is 110 Å². The van der Waals surface area contributed by atoms with E-state index in [0.717, 1.165) is 38.5 Å². The molecule has 8 aliphatic rings. The van der Waals surface area contributed by atoms with Gasteiger partial charge in [-0.15, -0.1) is 0 Å². The Morgan fingerprint density at radius 3 is 2.06 bits per heavy atom. The SMILES string of the molecule is C[C@@H]1CC[C@@]2(OC1)OC1CC3C4CC[C@H]5C[C@@H](O[C@@H]6O[C@@H](CO)[C@@H](O[C@@H]7O[C@@H](COC(=O)Nc8ccccc8)[C@@H](OC(=O)Nc8ccccc8)[C@H](O)[C@@H]7O)[C@H](O)[C@@H]6O)CC[C@]5(C)C4C(=O)C[C@]3(C)C1[C@@H]2C. The van der Waals surface area contributed by atoms with Gasteiger partial charge in [0.25, 0.3) is 0 Å². The number of carbonyl (C=O) groups is 3. The van der Waals surface area contributed by atoms with Crippen molar-refractivity contribution in [2.45, 2.75) is 165 Å². The number of anilines is 2. The van der Waals surface area contributed by atoms with Crippen LogP contribution >= 0.6 is 0 Å². The van der Waals surface area contributed by atoms with Crippen LogP contribution in [0.5, 0.6) is 0 Å². The molecule has 22 atom stereocenters. The van der Waals surface area contributed by atoms with E-state index < -0.39 is 92.6 Å². The van der Waals surface area contributed by atoms with Gasteiger partial charge in [0.2, 0.25) is 0 Å². The Balaban J connectivity index is 0.771. The third-order valence-electron chi connectivity index (χ3n) is 18.3. The van der Waals surface area contributed by atoms with E-state index in [1.54, 1.807) is 60.7 Å². The Morgan fingerprint density at radius 1 is 0.746 bits per heavy atom. The predicted octanol–water partition coefficient (Wildman–Crippen LogP) is 5.13. The molecule has 4 saturated heterocycles. The van der Waals surface area contributed by atoms with E-state index in [2.05, 4.69) is 38.3 Å². The lowest BCUT2D eigenvalue weighted by atomic mass is 9.44. The van der Waals surface area contributed by atoms with E-state index >= 15 is 0 Å². The highest BCUT2D eigenvalue weighted by molar-refractivity contribution is 5.85. The number of ketones is 1. The first-order valence-electron chi connectivity index (χ1n) is 25.8. The molecule has 0 aromatic heterocycles. The zero-order valence-corrected chi connectivity index (χ0v) is 41.0. The van der Waals surface area contributed by atoms with Crippen LogP contribution in [-0.2, 0) is 42.7 Å². The molecule has 18 heteroatoms. The van der Waals surface area contributed by atoms with E-state index in [1.165, 1.54) is 0 Å². The average Bonchev–Trinajstić information content (AvgIpc) is 3.80. The molecule has 2 aromatic carbocycles. The maximum Gasteiger partial charge on any atom is 0.412 e. The molecule has 2 aromatic rings. The Hall–Kier alpha value is -3.79. The van der Waals surface area contributed by atoms with Crippen LogP contribution in [0.3, 0.4) is 0 Å². The van der Waals surface area contributed by atoms with Crippen LogP contribution in [0.4, 0.5) is 21.0 Å². The van der Waals surface area contributed by atoms with Crippen LogP contribution < -0.4 is 10.6 Å². The summed E-state index contributed by atoms with van der Waals surface area (Å²) in [5.74, 6) is 1.62. The minimum absolute atomic E-state index is 0.0630. The van der Waals surface area contributed by atoms with E-state index in [0.29, 0.717) is 54.9 Å². The minimum Gasteiger partial charge on any atom is -0.446 e. The molecule has 71 heavy (non-hydrogen) atoms. The van der Waals surface area contributed by atoms with E-state index in [1.807, 2.05) is 0 Å². The fraction of sp³-hybridized carbons (Fsp3) is 0.717. The van der Waals surface area contributed by atoms with Crippen molar-refractivity contribution in [3.05, 3.63) is 60.7 Å². The summed E-state index contributed by atoms with van der Waals surface area (Å²) in [6, 6.07) is 16.8. The van der Waals surface area contributed by atoms with Gasteiger partial charge in [-0.1, -0.05) is 64.1 Å². The Morgan fingerprint density at radius 2 is 1.39 bits per heavy atom. The molecule has 0 bridgehead atoms. The Labute approximate surface area is 414 Å². The maximum absolute atomic E-state index is 14.7. The van der Waals surface area contributed by atoms with Crippen molar-refractivity contribution in [1.82, 2.24) is 0 Å². The number of fused-ring (bicyclic) bond motifs is 7. The first kappa shape index (κ1) is 50.7. The van der Waals surface area contributed by atoms with Gasteiger partial charge in [-0.3, -0.25) is 15.4 Å². The molecule has 8 fully saturated rings. The summed E-state index contributed by atoms with van der Waals surface area (Å²) in [5.41, 5.74) is 0.443. The van der Waals surface area contributed by atoms with Crippen LogP contribution in [0.2, 0.25) is 0 Å². The molecule has 18 nitrogen and oxygen atoms in total. The summed E-state index contributed by atoms with van der Waals surface area (Å²) in [6.07, 6.45) is -11.0. The van der Waals surface area contributed by atoms with Crippen LogP contribution in [0.15, 0.2) is 60.7 Å². The lowest BCUT2D eigenvalue weighted by molar-refractivity contribution is -0.363. The summed E-state index contributed by atoms with van der Waals surface area (Å²) in [7, 11) is 0. The molecule has 0 radical (unpaired) electrons. The molecule has 390 valence electrons. The topological polar surface area (TPSA) is 250 Å². The molecular formula is C53H72N2O16. The molecule has 5 unspecified atom stereocenters. The van der Waals surface area contributed by atoms with Gasteiger partial charge >= 0.3 is 12.2 Å². The van der Waals surface area contributed by atoms with Crippen LogP contribution in [0.25, 0.3) is 0 Å². The lowest BCUT2D eigenvalue weighted by Gasteiger charge is -2.60. The number of benzene rings is 2. The summed E-state index contributed by atoms with van der Waals surface area (Å²) in [5, 5.41) is 61.6. The zero-order chi connectivity index (χ0) is 50.0. The van der Waals surface area contributed by atoms with Crippen LogP contribution in [0.1, 0.15) is 85.5 Å². The second-order valence-electron chi connectivity index (χ2n) is 22.5. The van der Waals surface area contributed by atoms with Crippen LogP contribution in [-0.4, -0.2) is 143 Å². The van der Waals surface area contributed by atoms with Gasteiger partial charge in [-0.2, -0.15) is 0 Å². The number of Topliss-reactive ketones (excluding diaryl/α,β-unsaturated/α-hetero) is 1. The maximum atomic E-state index is 14.7. The van der Waals surface area contributed by atoms with E-state index in [-0.39, 0.29) is 52.6 Å². The molecule has 4 saturated carbocycles. The number of ether oxygens (including phenoxy) is 8. The normalized spacial score (nSPS) is 46.0. The van der Waals surface area contributed by atoms with E-state index in [9.17, 15) is 39.9 Å². The molecule has 4 aliphatic carbocycles. The third-order valence-corrected chi connectivity index (χ3v) is 18.3. The molecule has 10 rings (SSSR count). The number of aliphatic hydroxyl groups excluding tert-OH is 5. The monoisotopic (exact) mass is 992 g/mol. The van der Waals surface area contributed by atoms with Crippen molar-refractivity contribution in [2.24, 2.45) is 52.3 Å². The first-order valence-corrected chi connectivity index (χ1v) is 25.8. The summed E-state index contributed by atoms with van der Waals surface area (Å²) >= 11 is 0. The summed E-state index contributed by atoms with van der Waals surface area (Å²) < 4.78 is 48.9. The fourth-order valence-corrected chi connectivity index (χ4v) is 14.8. The molecule has 1 spiro atoms. The first-order chi connectivity index (χ1) is 34.0. The standard InChI is InChI=1S/C53H72N2O16/c1-27-17-20-53(65-25-27)28(2)39-36(71-53)22-34-33-16-15-29-21-32(18-19-51(29,3)40(33)35(57)23-52(34,39)4)66-47-43(60)41(58)45(37(24-56)67-47)69-48-44(61)42(59)46(70-50(63)55-31-13-9-6-10-14-31)38(68-48)26-64-49(62)54-30-11-7-5-8-12-30/h5-14,27-29,32-34,36-48,56,58-61H,15-26H2,1-4H3,(H,54,62)(H,55,63)/t27-,28+,29+,32+,33?,34?,36?,37+,38+,39?,40?,41-,42-,43+,44+,45-,46-,47-,48+,51+,52+,53-/m1/s1. The number of hydrogen-bond acceptors (Lipinski definition) is 16. The van der Waals surface area contributed by atoms with Crippen LogP contribution in [0, 0.1) is 52.3 Å². The molecule has 2 amide bonds. The van der Waals surface area contributed by atoms with Gasteiger partial charge in [-0.25, -0.2) is 9.59 Å². The highest BCUT2D eigenvalue weighted by Crippen LogP contribution is 2.70. The lowest BCUT2D eigenvalue weighted by Crippen LogP contribution is -2.65. The number of hydrogen-bond donors (Lipinski definition) is 7. The smallest absolute Gasteiger partial charge is 0.412 e. The molecule has 4 aliphatic heterocycles. The second-order valence-corrected chi connectivity index (χ2v) is 22.5. The quantitative estimate of drug-likeness (QED) is 0.152. The van der Waals surface area contributed by atoms with Gasteiger partial charge in [0.15, 0.2) is 24.5 Å². The highest BCUT2D eigenvalue weighted by atomic mass is 16.8. The van der Waals surface area contributed by atoms with Gasteiger partial charge in [0.1, 0.15) is 55.1 Å². The Bertz CT molecular complexity index is 2200. The zero-order valence-electron chi connectivity index (χ0n) is 41.0. The predicted molar refractivity (Wildman–Crippen MR) is 252 cm³/mol. The Kier molecular flexibility index (Phi) is 14.4. The minimum atomic E-state index is -1.91. The number of nitrogens with one attached hydrogen (secondary N) is 2. The van der Waals surface area contributed by atoms with Gasteiger partial charge in [0, 0.05) is 36.1 Å². The fourth-order valence-electron chi connectivity index (χ4n) is 14.8. The number of aliphatic hydroxyl groups is 5. The van der Waals surface area contributed by atoms with Crippen molar-refractivity contribution in [1.29, 1.82) is 0 Å². The number of amides is 2. The van der Waals surface area contributed by atoms with Crippen molar-refractivity contribution in [2.75, 3.05) is 30.5 Å². The molecular weight excluding hydrogens is 921 g/mol. The molecule has 4 heterocycles. The van der Waals surface area contributed by atoms with Crippen molar-refractivity contribution >= 4 is 29.3 Å². The summed E-state index contributed by atoms with van der Waals surface area (Å²) in [4.78, 5) is 40.5. The summed E-state index contributed by atoms with van der Waals surface area (Å²) in [6.45, 7) is 8.57. The number of rotatable bonds is 10. The van der Waals surface area contributed by atoms with Crippen molar-refractivity contribution in [3.8, 4) is 0 Å². The van der Waals surface area contributed by atoms with Crippen molar-refractivity contribution < 1.29 is 77.8 Å². The molecule has 7 N–H and O–H groups in total. The third kappa shape index (κ3) is 9.42. The van der Waals surface area contributed by atoms with Gasteiger partial charge < -0.3 is 63.4 Å². The van der Waals surface area contributed by atoms with Crippen molar-refractivity contribution in [3.63, 3.8) is 0 Å². The highest BCUT2D eigenvalue weighted by Gasteiger charge is 2.71. The second kappa shape index (κ2) is 20.1. The number of carbonyl (C=O) groups excluding carboxylic acids is 3. The largest absolute Gasteiger partial charge is 0.446 e. The van der Waals surface area contributed by atoms with Gasteiger partial charge in [0.05, 0.1) is 25.4 Å². The average molecular weight is 993 g/mol.